The van der Waals surface area contributed by atoms with Gasteiger partial charge in [-0.1, -0.05) is 30.8 Å². The number of thioether (sulfide) groups is 1. The van der Waals surface area contributed by atoms with Gasteiger partial charge in [-0.3, -0.25) is 9.20 Å². The number of piperidine rings is 1. The van der Waals surface area contributed by atoms with Gasteiger partial charge < -0.3 is 4.90 Å². The van der Waals surface area contributed by atoms with Crippen molar-refractivity contribution in [3.8, 4) is 0 Å². The maximum absolute atomic E-state index is 12.4. The second-order valence-electron chi connectivity index (χ2n) is 6.12. The predicted molar refractivity (Wildman–Crippen MR) is 90.5 cm³/mol. The Kier molecular flexibility index (Phi) is 3.72. The van der Waals surface area contributed by atoms with Crippen LogP contribution >= 0.6 is 11.8 Å². The molecule has 1 aliphatic heterocycles. The lowest BCUT2D eigenvalue weighted by molar-refractivity contribution is -0.129. The quantitative estimate of drug-likeness (QED) is 0.750. The van der Waals surface area contributed by atoms with E-state index in [1.807, 2.05) is 33.6 Å². The Labute approximate surface area is 138 Å². The highest BCUT2D eigenvalue weighted by Crippen LogP contribution is 2.24. The van der Waals surface area contributed by atoms with Crippen LogP contribution in [0.25, 0.3) is 16.8 Å². The van der Waals surface area contributed by atoms with E-state index in [-0.39, 0.29) is 5.91 Å². The number of nitrogens with one attached hydrogen (secondary N) is 1. The van der Waals surface area contributed by atoms with E-state index in [1.165, 1.54) is 11.8 Å². The molecule has 1 aromatic carbocycles. The lowest BCUT2D eigenvalue weighted by atomic mass is 9.99. The average molecular weight is 329 g/mol. The summed E-state index contributed by atoms with van der Waals surface area (Å²) in [5, 5.41) is 8.03. The molecular weight excluding hydrogens is 310 g/mol. The van der Waals surface area contributed by atoms with Gasteiger partial charge >= 0.3 is 0 Å². The molecule has 0 bridgehead atoms. The van der Waals surface area contributed by atoms with Crippen molar-refractivity contribution in [3.63, 3.8) is 0 Å². The molecule has 0 spiro atoms. The van der Waals surface area contributed by atoms with Crippen molar-refractivity contribution in [1.29, 1.82) is 0 Å². The molecule has 1 saturated heterocycles. The molecular formula is C16H19N5OS. The Morgan fingerprint density at radius 3 is 2.96 bits per heavy atom. The number of benzene rings is 1. The van der Waals surface area contributed by atoms with Gasteiger partial charge in [-0.25, -0.2) is 10.1 Å². The molecule has 1 aliphatic rings. The minimum absolute atomic E-state index is 0.197. The van der Waals surface area contributed by atoms with Gasteiger partial charge in [0.2, 0.25) is 11.7 Å². The van der Waals surface area contributed by atoms with Crippen LogP contribution in [0.15, 0.2) is 29.4 Å². The first-order valence-corrected chi connectivity index (χ1v) is 8.93. The average Bonchev–Trinajstić information content (AvgIpc) is 3.12. The Bertz CT molecular complexity index is 847. The Morgan fingerprint density at radius 2 is 2.13 bits per heavy atom. The topological polar surface area (TPSA) is 66.3 Å². The number of hydrogen-bond acceptors (Lipinski definition) is 4. The van der Waals surface area contributed by atoms with Crippen LogP contribution in [0.5, 0.6) is 0 Å². The van der Waals surface area contributed by atoms with E-state index >= 15 is 0 Å². The molecule has 3 heterocycles. The molecule has 1 N–H and O–H groups in total. The van der Waals surface area contributed by atoms with E-state index in [0.717, 1.165) is 48.0 Å². The fourth-order valence-corrected chi connectivity index (χ4v) is 3.87. The maximum Gasteiger partial charge on any atom is 0.233 e. The summed E-state index contributed by atoms with van der Waals surface area (Å²) in [5.74, 6) is 2.06. The molecule has 2 aromatic heterocycles. The van der Waals surface area contributed by atoms with Crippen molar-refractivity contribution >= 4 is 34.5 Å². The number of H-pyrrole nitrogens is 1. The Hall–Kier alpha value is -2.02. The molecule has 1 fully saturated rings. The number of likely N-dealkylation sites (tertiary alicyclic amines) is 1. The number of hydrogen-bond donors (Lipinski definition) is 1. The minimum Gasteiger partial charge on any atom is -0.342 e. The SMILES string of the molecule is CC1CCN(C(=O)CSc2n[nH]c3nc4ccccc4n23)CC1. The van der Waals surface area contributed by atoms with Crippen LogP contribution in [0.1, 0.15) is 19.8 Å². The number of carbonyl (C=O) groups is 1. The number of carbonyl (C=O) groups excluding carboxylic acids is 1. The summed E-state index contributed by atoms with van der Waals surface area (Å²) < 4.78 is 1.98. The second-order valence-corrected chi connectivity index (χ2v) is 7.06. The van der Waals surface area contributed by atoms with Crippen molar-refractivity contribution in [2.45, 2.75) is 24.9 Å². The number of imidazole rings is 1. The zero-order valence-electron chi connectivity index (χ0n) is 13.0. The van der Waals surface area contributed by atoms with Crippen LogP contribution in [0, 0.1) is 5.92 Å². The molecule has 0 aliphatic carbocycles. The highest BCUT2D eigenvalue weighted by atomic mass is 32.2. The van der Waals surface area contributed by atoms with E-state index in [9.17, 15) is 4.79 Å². The van der Waals surface area contributed by atoms with Gasteiger partial charge in [0.25, 0.3) is 0 Å². The minimum atomic E-state index is 0.197. The smallest absolute Gasteiger partial charge is 0.233 e. The zero-order valence-corrected chi connectivity index (χ0v) is 13.8. The molecule has 120 valence electrons. The van der Waals surface area contributed by atoms with E-state index in [0.29, 0.717) is 11.5 Å². The molecule has 3 aromatic rings. The molecule has 6 nitrogen and oxygen atoms in total. The molecule has 4 rings (SSSR count). The fraction of sp³-hybridized carbons (Fsp3) is 0.438. The molecule has 0 saturated carbocycles. The van der Waals surface area contributed by atoms with Gasteiger partial charge in [-0.05, 0) is 30.9 Å². The highest BCUT2D eigenvalue weighted by molar-refractivity contribution is 7.99. The van der Waals surface area contributed by atoms with Crippen LogP contribution < -0.4 is 0 Å². The van der Waals surface area contributed by atoms with E-state index in [1.54, 1.807) is 0 Å². The fourth-order valence-electron chi connectivity index (χ4n) is 3.01. The van der Waals surface area contributed by atoms with Crippen LogP contribution in [0.3, 0.4) is 0 Å². The van der Waals surface area contributed by atoms with E-state index < -0.39 is 0 Å². The summed E-state index contributed by atoms with van der Waals surface area (Å²) in [5.41, 5.74) is 1.94. The summed E-state index contributed by atoms with van der Waals surface area (Å²) in [6.45, 7) is 4.01. The number of rotatable bonds is 3. The monoisotopic (exact) mass is 329 g/mol. The van der Waals surface area contributed by atoms with Gasteiger partial charge in [0, 0.05) is 13.1 Å². The van der Waals surface area contributed by atoms with Crippen LogP contribution in [-0.2, 0) is 4.79 Å². The zero-order chi connectivity index (χ0) is 15.8. The van der Waals surface area contributed by atoms with Crippen molar-refractivity contribution in [1.82, 2.24) is 24.5 Å². The van der Waals surface area contributed by atoms with Gasteiger partial charge in [0.15, 0.2) is 5.16 Å². The van der Waals surface area contributed by atoms with Gasteiger partial charge in [-0.15, -0.1) is 5.10 Å². The summed E-state index contributed by atoms with van der Waals surface area (Å²) in [6.07, 6.45) is 2.21. The number of aromatic amines is 1. The summed E-state index contributed by atoms with van der Waals surface area (Å²) in [7, 11) is 0. The second kappa shape index (κ2) is 5.88. The first-order valence-electron chi connectivity index (χ1n) is 7.94. The number of fused-ring (bicyclic) bond motifs is 3. The van der Waals surface area contributed by atoms with Gasteiger partial charge in [0.1, 0.15) is 0 Å². The number of aromatic nitrogens is 4. The largest absolute Gasteiger partial charge is 0.342 e. The highest BCUT2D eigenvalue weighted by Gasteiger charge is 2.21. The van der Waals surface area contributed by atoms with Crippen molar-refractivity contribution < 1.29 is 4.79 Å². The molecule has 23 heavy (non-hydrogen) atoms. The van der Waals surface area contributed by atoms with Crippen LogP contribution in [-0.4, -0.2) is 49.2 Å². The third kappa shape index (κ3) is 2.69. The van der Waals surface area contributed by atoms with E-state index in [2.05, 4.69) is 22.1 Å². The normalized spacial score (nSPS) is 16.5. The Morgan fingerprint density at radius 1 is 1.35 bits per heavy atom. The Balaban J connectivity index is 1.51. The van der Waals surface area contributed by atoms with Crippen molar-refractivity contribution in [3.05, 3.63) is 24.3 Å². The maximum atomic E-state index is 12.4. The van der Waals surface area contributed by atoms with Crippen LogP contribution in [0.2, 0.25) is 0 Å². The van der Waals surface area contributed by atoms with E-state index in [4.69, 9.17) is 0 Å². The third-order valence-corrected chi connectivity index (χ3v) is 5.39. The summed E-state index contributed by atoms with van der Waals surface area (Å²) >= 11 is 1.47. The first-order chi connectivity index (χ1) is 11.2. The lowest BCUT2D eigenvalue weighted by Crippen LogP contribution is -2.38. The molecule has 0 atom stereocenters. The first kappa shape index (κ1) is 14.6. The third-order valence-electron chi connectivity index (χ3n) is 4.46. The predicted octanol–water partition coefficient (Wildman–Crippen LogP) is 2.56. The number of amides is 1. The number of para-hydroxylation sites is 2. The number of nitrogens with zero attached hydrogens (tertiary/aromatic N) is 4. The molecule has 0 unspecified atom stereocenters. The van der Waals surface area contributed by atoms with Crippen molar-refractivity contribution in [2.24, 2.45) is 5.92 Å². The lowest BCUT2D eigenvalue weighted by Gasteiger charge is -2.30. The molecule has 7 heteroatoms. The van der Waals surface area contributed by atoms with Gasteiger partial charge in [-0.2, -0.15) is 0 Å². The van der Waals surface area contributed by atoms with Gasteiger partial charge in [0.05, 0.1) is 16.8 Å². The standard InChI is InChI=1S/C16H19N5OS/c1-11-6-8-20(9-7-11)14(22)10-23-16-19-18-15-17-12-4-2-3-5-13(12)21(15)16/h2-5,11H,6-10H2,1H3,(H,17,18). The van der Waals surface area contributed by atoms with Crippen LogP contribution in [0.4, 0.5) is 0 Å². The van der Waals surface area contributed by atoms with Crippen molar-refractivity contribution in [2.75, 3.05) is 18.8 Å². The summed E-state index contributed by atoms with van der Waals surface area (Å²) in [4.78, 5) is 18.9. The molecule has 1 amide bonds. The molecule has 0 radical (unpaired) electrons. The summed E-state index contributed by atoms with van der Waals surface area (Å²) in [6, 6.07) is 7.95.